The van der Waals surface area contributed by atoms with Crippen molar-refractivity contribution in [2.45, 2.75) is 18.9 Å². The average molecular weight is 376 g/mol. The summed E-state index contributed by atoms with van der Waals surface area (Å²) in [6, 6.07) is 12.5. The molecule has 5 rings (SSSR count). The second-order valence-corrected chi connectivity index (χ2v) is 6.77. The van der Waals surface area contributed by atoms with Gasteiger partial charge in [-0.3, -0.25) is 5.10 Å². The van der Waals surface area contributed by atoms with Crippen LogP contribution in [0, 0.1) is 0 Å². The second-order valence-electron chi connectivity index (χ2n) is 6.77. The van der Waals surface area contributed by atoms with Crippen molar-refractivity contribution in [3.05, 3.63) is 42.7 Å². The van der Waals surface area contributed by atoms with Crippen LogP contribution in [0.1, 0.15) is 12.8 Å². The van der Waals surface area contributed by atoms with Crippen molar-refractivity contribution < 1.29 is 4.74 Å². The van der Waals surface area contributed by atoms with Crippen LogP contribution in [-0.4, -0.2) is 49.0 Å². The molecular weight excluding hydrogens is 356 g/mol. The summed E-state index contributed by atoms with van der Waals surface area (Å²) < 4.78 is 7.22. The van der Waals surface area contributed by atoms with Crippen LogP contribution in [0.5, 0.6) is 0 Å². The lowest BCUT2D eigenvalue weighted by atomic mass is 10.0. The van der Waals surface area contributed by atoms with Crippen LogP contribution in [0.15, 0.2) is 42.7 Å². The number of anilines is 2. The molecule has 0 amide bonds. The summed E-state index contributed by atoms with van der Waals surface area (Å²) in [5.74, 6) is 1.80. The van der Waals surface area contributed by atoms with E-state index in [0.717, 1.165) is 54.2 Å². The Bertz CT molecular complexity index is 1080. The van der Waals surface area contributed by atoms with Crippen molar-refractivity contribution in [3.8, 4) is 22.5 Å². The molecule has 0 saturated carbocycles. The summed E-state index contributed by atoms with van der Waals surface area (Å²) in [6.07, 6.45) is 3.50. The number of fused-ring (bicyclic) bond motifs is 1. The molecule has 3 aromatic heterocycles. The Labute approximate surface area is 161 Å². The predicted molar refractivity (Wildman–Crippen MR) is 106 cm³/mol. The zero-order valence-electron chi connectivity index (χ0n) is 15.2. The number of hydrogen-bond acceptors (Lipinski definition) is 7. The van der Waals surface area contributed by atoms with Gasteiger partial charge in [-0.05, 0) is 30.5 Å². The maximum Gasteiger partial charge on any atom is 0.240 e. The van der Waals surface area contributed by atoms with E-state index in [2.05, 4.69) is 30.6 Å². The van der Waals surface area contributed by atoms with E-state index in [0.29, 0.717) is 11.9 Å². The van der Waals surface area contributed by atoms with E-state index in [1.54, 1.807) is 10.8 Å². The number of rotatable bonds is 4. The molecule has 4 N–H and O–H groups in total. The number of nitrogens with zero attached hydrogens (tertiary/aromatic N) is 5. The van der Waals surface area contributed by atoms with Gasteiger partial charge in [0.15, 0.2) is 11.5 Å². The number of benzene rings is 1. The smallest absolute Gasteiger partial charge is 0.240 e. The van der Waals surface area contributed by atoms with Crippen LogP contribution in [0.25, 0.3) is 28.2 Å². The van der Waals surface area contributed by atoms with Crippen LogP contribution >= 0.6 is 0 Å². The highest BCUT2D eigenvalue weighted by Crippen LogP contribution is 2.29. The Balaban J connectivity index is 1.50. The van der Waals surface area contributed by atoms with Gasteiger partial charge in [-0.25, -0.2) is 4.98 Å². The summed E-state index contributed by atoms with van der Waals surface area (Å²) in [5, 5.41) is 14.8. The fourth-order valence-corrected chi connectivity index (χ4v) is 3.51. The van der Waals surface area contributed by atoms with E-state index in [1.165, 1.54) is 0 Å². The molecule has 142 valence electrons. The maximum atomic E-state index is 5.92. The van der Waals surface area contributed by atoms with E-state index < -0.39 is 0 Å². The van der Waals surface area contributed by atoms with Crippen LogP contribution < -0.4 is 11.1 Å². The number of hydrogen-bond donors (Lipinski definition) is 3. The largest absolute Gasteiger partial charge is 0.381 e. The van der Waals surface area contributed by atoms with Crippen molar-refractivity contribution in [2.75, 3.05) is 24.3 Å². The molecule has 0 unspecified atom stereocenters. The van der Waals surface area contributed by atoms with Gasteiger partial charge in [-0.2, -0.15) is 14.6 Å². The van der Waals surface area contributed by atoms with Gasteiger partial charge in [0.2, 0.25) is 5.95 Å². The predicted octanol–water partition coefficient (Wildman–Crippen LogP) is 2.35. The molecule has 1 aliphatic rings. The Morgan fingerprint density at radius 1 is 1.07 bits per heavy atom. The Morgan fingerprint density at radius 2 is 1.86 bits per heavy atom. The van der Waals surface area contributed by atoms with Gasteiger partial charge in [0, 0.05) is 30.4 Å². The highest BCUT2D eigenvalue weighted by Gasteiger charge is 2.17. The molecule has 1 aromatic carbocycles. The van der Waals surface area contributed by atoms with Crippen molar-refractivity contribution in [1.82, 2.24) is 29.8 Å². The molecule has 0 bridgehead atoms. The van der Waals surface area contributed by atoms with E-state index in [4.69, 9.17) is 10.5 Å². The number of nitrogen functional groups attached to an aromatic ring is 1. The highest BCUT2D eigenvalue weighted by molar-refractivity contribution is 5.80. The van der Waals surface area contributed by atoms with Crippen LogP contribution in [0.4, 0.5) is 11.8 Å². The third-order valence-corrected chi connectivity index (χ3v) is 4.94. The fraction of sp³-hybridized carbons (Fsp3) is 0.263. The zero-order valence-corrected chi connectivity index (χ0v) is 15.2. The van der Waals surface area contributed by atoms with Crippen molar-refractivity contribution >= 4 is 17.4 Å². The summed E-state index contributed by atoms with van der Waals surface area (Å²) in [5.41, 5.74) is 9.57. The fourth-order valence-electron chi connectivity index (χ4n) is 3.51. The minimum absolute atomic E-state index is 0.250. The van der Waals surface area contributed by atoms with Gasteiger partial charge < -0.3 is 15.8 Å². The molecule has 0 atom stereocenters. The van der Waals surface area contributed by atoms with Gasteiger partial charge in [0.1, 0.15) is 12.1 Å². The minimum atomic E-state index is 0.250. The van der Waals surface area contributed by atoms with E-state index in [1.807, 2.05) is 36.4 Å². The topological polar surface area (TPSA) is 119 Å². The number of aromatic nitrogens is 6. The quantitative estimate of drug-likeness (QED) is 0.500. The van der Waals surface area contributed by atoms with Crippen molar-refractivity contribution in [2.24, 2.45) is 0 Å². The van der Waals surface area contributed by atoms with Crippen LogP contribution in [-0.2, 0) is 4.74 Å². The van der Waals surface area contributed by atoms with Crippen LogP contribution in [0.3, 0.4) is 0 Å². The Hall–Kier alpha value is -3.46. The third kappa shape index (κ3) is 3.05. The van der Waals surface area contributed by atoms with Crippen molar-refractivity contribution in [3.63, 3.8) is 0 Å². The zero-order chi connectivity index (χ0) is 18.9. The highest BCUT2D eigenvalue weighted by atomic mass is 16.5. The average Bonchev–Trinajstić information content (AvgIpc) is 3.39. The standard InChI is InChI=1S/C19H20N8O/c20-19-24-18-15(12-1-3-13(4-2-12)17-21-11-22-25-17)5-6-16(27(18)26-19)23-14-7-9-28-10-8-14/h1-6,11,14,23H,7-10H2,(H2,20,26)(H,21,22,25). The van der Waals surface area contributed by atoms with E-state index in [9.17, 15) is 0 Å². The summed E-state index contributed by atoms with van der Waals surface area (Å²) in [6.45, 7) is 1.55. The van der Waals surface area contributed by atoms with E-state index in [-0.39, 0.29) is 5.95 Å². The second kappa shape index (κ2) is 6.93. The first-order chi connectivity index (χ1) is 13.8. The Kier molecular flexibility index (Phi) is 4.13. The maximum absolute atomic E-state index is 5.92. The SMILES string of the molecule is Nc1nc2c(-c3ccc(-c4nc[nH]n4)cc3)ccc(NC3CCOCC3)n2n1. The molecule has 9 heteroatoms. The molecule has 4 aromatic rings. The van der Waals surface area contributed by atoms with E-state index >= 15 is 0 Å². The number of aromatic amines is 1. The summed E-state index contributed by atoms with van der Waals surface area (Å²) >= 11 is 0. The number of nitrogens with two attached hydrogens (primary N) is 1. The van der Waals surface area contributed by atoms with Gasteiger partial charge >= 0.3 is 0 Å². The van der Waals surface area contributed by atoms with Crippen molar-refractivity contribution in [1.29, 1.82) is 0 Å². The molecule has 9 nitrogen and oxygen atoms in total. The van der Waals surface area contributed by atoms with Gasteiger partial charge in [-0.15, -0.1) is 5.10 Å². The number of pyridine rings is 1. The number of nitrogens with one attached hydrogen (secondary N) is 2. The minimum Gasteiger partial charge on any atom is -0.381 e. The lowest BCUT2D eigenvalue weighted by Crippen LogP contribution is -2.28. The number of H-pyrrole nitrogens is 1. The molecule has 0 aliphatic carbocycles. The monoisotopic (exact) mass is 376 g/mol. The first-order valence-corrected chi connectivity index (χ1v) is 9.24. The molecular formula is C19H20N8O. The summed E-state index contributed by atoms with van der Waals surface area (Å²) in [7, 11) is 0. The summed E-state index contributed by atoms with van der Waals surface area (Å²) in [4.78, 5) is 8.63. The first-order valence-electron chi connectivity index (χ1n) is 9.24. The molecule has 0 spiro atoms. The lowest BCUT2D eigenvalue weighted by molar-refractivity contribution is 0.0903. The molecule has 1 fully saturated rings. The molecule has 1 aliphatic heterocycles. The first kappa shape index (κ1) is 16.7. The normalized spacial score (nSPS) is 15.1. The molecule has 4 heterocycles. The van der Waals surface area contributed by atoms with Gasteiger partial charge in [0.25, 0.3) is 0 Å². The molecule has 1 saturated heterocycles. The number of ether oxygens (including phenoxy) is 1. The lowest BCUT2D eigenvalue weighted by Gasteiger charge is -2.24. The Morgan fingerprint density at radius 3 is 2.61 bits per heavy atom. The molecule has 28 heavy (non-hydrogen) atoms. The molecule has 0 radical (unpaired) electrons. The van der Waals surface area contributed by atoms with Gasteiger partial charge in [-0.1, -0.05) is 24.3 Å². The van der Waals surface area contributed by atoms with Gasteiger partial charge in [0.05, 0.1) is 0 Å². The van der Waals surface area contributed by atoms with Crippen LogP contribution in [0.2, 0.25) is 0 Å². The third-order valence-electron chi connectivity index (χ3n) is 4.94.